The molecular formula is C13H20N2O3S. The Bertz CT molecular complexity index is 393. The van der Waals surface area contributed by atoms with Crippen LogP contribution in [0.15, 0.2) is 17.5 Å². The van der Waals surface area contributed by atoms with Gasteiger partial charge in [0, 0.05) is 25.0 Å². The van der Waals surface area contributed by atoms with Crippen molar-refractivity contribution in [3.05, 3.63) is 22.4 Å². The number of rotatable bonds is 9. The number of ether oxygens (including phenoxy) is 1. The number of carbonyl (C=O) groups excluding carboxylic acids is 2. The summed E-state index contributed by atoms with van der Waals surface area (Å²) >= 11 is 1.68. The van der Waals surface area contributed by atoms with E-state index in [0.717, 1.165) is 12.8 Å². The molecule has 1 rings (SSSR count). The molecule has 3 N–H and O–H groups in total. The molecule has 19 heavy (non-hydrogen) atoms. The fourth-order valence-corrected chi connectivity index (χ4v) is 2.42. The molecule has 0 aliphatic heterocycles. The molecule has 0 spiro atoms. The van der Waals surface area contributed by atoms with E-state index in [0.29, 0.717) is 19.4 Å². The summed E-state index contributed by atoms with van der Waals surface area (Å²) in [5.74, 6) is -0.667. The zero-order valence-electron chi connectivity index (χ0n) is 11.1. The Morgan fingerprint density at radius 1 is 1.53 bits per heavy atom. The van der Waals surface area contributed by atoms with Crippen molar-refractivity contribution in [2.24, 2.45) is 5.73 Å². The van der Waals surface area contributed by atoms with Crippen molar-refractivity contribution in [1.29, 1.82) is 0 Å². The number of hydrogen-bond donors (Lipinski definition) is 2. The summed E-state index contributed by atoms with van der Waals surface area (Å²) < 4.78 is 4.88. The molecule has 1 aromatic heterocycles. The molecule has 0 saturated carbocycles. The predicted octanol–water partition coefficient (Wildman–Crippen LogP) is 1.08. The Balaban J connectivity index is 2.25. The molecule has 6 heteroatoms. The first kappa shape index (κ1) is 15.7. The molecule has 1 heterocycles. The third kappa shape index (κ3) is 6.35. The highest BCUT2D eigenvalue weighted by Crippen LogP contribution is 2.11. The minimum absolute atomic E-state index is 0.142. The molecule has 0 bridgehead atoms. The normalized spacial score (nSPS) is 12.1. The molecule has 0 aliphatic carbocycles. The summed E-state index contributed by atoms with van der Waals surface area (Å²) in [4.78, 5) is 24.1. The molecule has 106 valence electrons. The number of aryl methyl sites for hydroxylation is 1. The number of carbonyl (C=O) groups is 2. The minimum atomic E-state index is -0.644. The Labute approximate surface area is 117 Å². The molecule has 1 atom stereocenters. The smallest absolute Gasteiger partial charge is 0.240 e. The number of nitrogens with one attached hydrogen (secondary N) is 1. The van der Waals surface area contributed by atoms with Crippen LogP contribution in [-0.2, 0) is 20.7 Å². The topological polar surface area (TPSA) is 81.4 Å². The van der Waals surface area contributed by atoms with Gasteiger partial charge in [-0.3, -0.25) is 9.59 Å². The van der Waals surface area contributed by atoms with Crippen molar-refractivity contribution in [3.8, 4) is 0 Å². The summed E-state index contributed by atoms with van der Waals surface area (Å²) in [7, 11) is 1.54. The van der Waals surface area contributed by atoms with E-state index in [1.54, 1.807) is 18.4 Å². The number of amides is 2. The molecule has 1 aromatic rings. The SMILES string of the molecule is COCCC(NC(=O)CCCc1cccs1)C(N)=O. The number of hydrogen-bond acceptors (Lipinski definition) is 4. The molecule has 0 aliphatic rings. The molecule has 0 radical (unpaired) electrons. The highest BCUT2D eigenvalue weighted by Gasteiger charge is 2.17. The van der Waals surface area contributed by atoms with Crippen LogP contribution in [0, 0.1) is 0 Å². The monoisotopic (exact) mass is 284 g/mol. The largest absolute Gasteiger partial charge is 0.385 e. The average Bonchev–Trinajstić information content (AvgIpc) is 2.87. The fraction of sp³-hybridized carbons (Fsp3) is 0.538. The second kappa shape index (κ2) is 8.66. The lowest BCUT2D eigenvalue weighted by atomic mass is 10.1. The van der Waals surface area contributed by atoms with Gasteiger partial charge in [-0.25, -0.2) is 0 Å². The third-order valence-corrected chi connectivity index (χ3v) is 3.63. The molecule has 2 amide bonds. The molecule has 0 aromatic carbocycles. The van der Waals surface area contributed by atoms with E-state index in [1.807, 2.05) is 17.5 Å². The van der Waals surface area contributed by atoms with Gasteiger partial charge >= 0.3 is 0 Å². The molecule has 0 fully saturated rings. The minimum Gasteiger partial charge on any atom is -0.385 e. The number of thiophene rings is 1. The fourth-order valence-electron chi connectivity index (χ4n) is 1.67. The van der Waals surface area contributed by atoms with E-state index in [1.165, 1.54) is 4.88 Å². The number of primary amides is 1. The standard InChI is InChI=1S/C13H20N2O3S/c1-18-8-7-11(13(14)17)15-12(16)6-2-4-10-5-3-9-19-10/h3,5,9,11H,2,4,6-8H2,1H3,(H2,14,17)(H,15,16). The molecule has 1 unspecified atom stereocenters. The molecule has 0 saturated heterocycles. The van der Waals surface area contributed by atoms with Crippen molar-refractivity contribution in [2.45, 2.75) is 31.7 Å². The highest BCUT2D eigenvalue weighted by atomic mass is 32.1. The van der Waals surface area contributed by atoms with E-state index in [4.69, 9.17) is 10.5 Å². The lowest BCUT2D eigenvalue weighted by Gasteiger charge is -2.14. The second-order valence-electron chi connectivity index (χ2n) is 4.24. The zero-order chi connectivity index (χ0) is 14.1. The van der Waals surface area contributed by atoms with Crippen LogP contribution in [-0.4, -0.2) is 31.6 Å². The predicted molar refractivity (Wildman–Crippen MR) is 74.9 cm³/mol. The van der Waals surface area contributed by atoms with E-state index in [9.17, 15) is 9.59 Å². The van der Waals surface area contributed by atoms with Crippen LogP contribution in [0.3, 0.4) is 0 Å². The van der Waals surface area contributed by atoms with Crippen LogP contribution in [0.5, 0.6) is 0 Å². The number of methoxy groups -OCH3 is 1. The van der Waals surface area contributed by atoms with Crippen molar-refractivity contribution in [1.82, 2.24) is 5.32 Å². The van der Waals surface area contributed by atoms with Gasteiger partial charge in [0.25, 0.3) is 0 Å². The van der Waals surface area contributed by atoms with Gasteiger partial charge in [-0.15, -0.1) is 11.3 Å². The van der Waals surface area contributed by atoms with Gasteiger partial charge in [-0.05, 0) is 30.7 Å². The van der Waals surface area contributed by atoms with Crippen molar-refractivity contribution >= 4 is 23.2 Å². The number of nitrogens with two attached hydrogens (primary N) is 1. The van der Waals surface area contributed by atoms with Crippen LogP contribution in [0.1, 0.15) is 24.1 Å². The maximum atomic E-state index is 11.7. The van der Waals surface area contributed by atoms with Crippen LogP contribution >= 0.6 is 11.3 Å². The maximum Gasteiger partial charge on any atom is 0.240 e. The van der Waals surface area contributed by atoms with E-state index in [2.05, 4.69) is 5.32 Å². The average molecular weight is 284 g/mol. The summed E-state index contributed by atoms with van der Waals surface area (Å²) in [5, 5.41) is 4.66. The van der Waals surface area contributed by atoms with Gasteiger partial charge < -0.3 is 15.8 Å². The summed E-state index contributed by atoms with van der Waals surface area (Å²) in [6.07, 6.45) is 2.45. The first-order valence-electron chi connectivity index (χ1n) is 6.23. The summed E-state index contributed by atoms with van der Waals surface area (Å²) in [5.41, 5.74) is 5.22. The van der Waals surface area contributed by atoms with Crippen LogP contribution in [0.4, 0.5) is 0 Å². The van der Waals surface area contributed by atoms with E-state index < -0.39 is 11.9 Å². The van der Waals surface area contributed by atoms with E-state index >= 15 is 0 Å². The van der Waals surface area contributed by atoms with Crippen molar-refractivity contribution in [3.63, 3.8) is 0 Å². The Kier molecular flexibility index (Phi) is 7.14. The van der Waals surface area contributed by atoms with Gasteiger partial charge in [0.1, 0.15) is 6.04 Å². The lowest BCUT2D eigenvalue weighted by Crippen LogP contribution is -2.45. The van der Waals surface area contributed by atoms with Crippen molar-refractivity contribution < 1.29 is 14.3 Å². The third-order valence-electron chi connectivity index (χ3n) is 2.70. The first-order chi connectivity index (χ1) is 9.13. The van der Waals surface area contributed by atoms with Gasteiger partial charge in [-0.1, -0.05) is 6.07 Å². The van der Waals surface area contributed by atoms with Crippen molar-refractivity contribution in [2.75, 3.05) is 13.7 Å². The molecule has 5 nitrogen and oxygen atoms in total. The Hall–Kier alpha value is -1.40. The maximum absolute atomic E-state index is 11.7. The van der Waals surface area contributed by atoms with Crippen LogP contribution < -0.4 is 11.1 Å². The Morgan fingerprint density at radius 3 is 2.89 bits per heavy atom. The Morgan fingerprint density at radius 2 is 2.32 bits per heavy atom. The first-order valence-corrected chi connectivity index (χ1v) is 7.11. The highest BCUT2D eigenvalue weighted by molar-refractivity contribution is 7.09. The van der Waals surface area contributed by atoms with Gasteiger partial charge in [0.05, 0.1) is 0 Å². The van der Waals surface area contributed by atoms with Gasteiger partial charge in [0.15, 0.2) is 0 Å². The van der Waals surface area contributed by atoms with Gasteiger partial charge in [-0.2, -0.15) is 0 Å². The summed E-state index contributed by atoms with van der Waals surface area (Å²) in [6.45, 7) is 0.392. The van der Waals surface area contributed by atoms with Gasteiger partial charge in [0.2, 0.25) is 11.8 Å². The molecular weight excluding hydrogens is 264 g/mol. The van der Waals surface area contributed by atoms with Crippen LogP contribution in [0.25, 0.3) is 0 Å². The quantitative estimate of drug-likeness (QED) is 0.712. The van der Waals surface area contributed by atoms with Crippen LogP contribution in [0.2, 0.25) is 0 Å². The lowest BCUT2D eigenvalue weighted by molar-refractivity contribution is -0.127. The van der Waals surface area contributed by atoms with E-state index in [-0.39, 0.29) is 5.91 Å². The zero-order valence-corrected chi connectivity index (χ0v) is 11.9. The second-order valence-corrected chi connectivity index (χ2v) is 5.27. The summed E-state index contributed by atoms with van der Waals surface area (Å²) in [6, 6.07) is 3.40.